The van der Waals surface area contributed by atoms with Crippen LogP contribution in [0.5, 0.6) is 0 Å². The second-order valence-corrected chi connectivity index (χ2v) is 6.59. The van der Waals surface area contributed by atoms with E-state index >= 15 is 0 Å². The van der Waals surface area contributed by atoms with Crippen LogP contribution in [0.25, 0.3) is 0 Å². The van der Waals surface area contributed by atoms with Gasteiger partial charge in [0.1, 0.15) is 0 Å². The summed E-state index contributed by atoms with van der Waals surface area (Å²) in [5, 5.41) is 10.6. The monoisotopic (exact) mass is 303 g/mol. The number of aromatic nitrogens is 1. The number of piperazine rings is 1. The number of rotatable bonds is 3. The van der Waals surface area contributed by atoms with Gasteiger partial charge < -0.3 is 10.0 Å². The van der Waals surface area contributed by atoms with Gasteiger partial charge in [0.25, 0.3) is 5.91 Å². The molecule has 5 nitrogen and oxygen atoms in total. The van der Waals surface area contributed by atoms with Crippen molar-refractivity contribution < 1.29 is 9.90 Å². The maximum absolute atomic E-state index is 12.4. The number of β-amino-alcohol motifs (C(OH)–C–C–N with tert-alkyl or cyclic N) is 1. The Hall–Kier alpha value is -1.46. The highest BCUT2D eigenvalue weighted by molar-refractivity contribution is 5.94. The third-order valence-electron chi connectivity index (χ3n) is 4.89. The zero-order valence-electron chi connectivity index (χ0n) is 13.1. The summed E-state index contributed by atoms with van der Waals surface area (Å²) in [5.74, 6) is 0.0819. The smallest absolute Gasteiger partial charge is 0.254 e. The third kappa shape index (κ3) is 3.65. The van der Waals surface area contributed by atoms with Crippen LogP contribution in [-0.4, -0.2) is 64.1 Å². The minimum Gasteiger partial charge on any atom is -0.389 e. The fraction of sp³-hybridized carbons (Fsp3) is 0.647. The van der Waals surface area contributed by atoms with Crippen LogP contribution in [0.4, 0.5) is 0 Å². The molecule has 2 fully saturated rings. The van der Waals surface area contributed by atoms with Crippen molar-refractivity contribution in [3.8, 4) is 0 Å². The van der Waals surface area contributed by atoms with Crippen LogP contribution < -0.4 is 0 Å². The Morgan fingerprint density at radius 2 is 1.73 bits per heavy atom. The fourth-order valence-electron chi connectivity index (χ4n) is 3.57. The summed E-state index contributed by atoms with van der Waals surface area (Å²) in [6, 6.07) is 3.53. The van der Waals surface area contributed by atoms with E-state index in [4.69, 9.17) is 0 Å². The number of nitrogens with zero attached hydrogens (tertiary/aromatic N) is 3. The summed E-state index contributed by atoms with van der Waals surface area (Å²) in [6.07, 6.45) is 8.67. The van der Waals surface area contributed by atoms with Crippen molar-refractivity contribution in [2.24, 2.45) is 0 Å². The number of hydrogen-bond donors (Lipinski definition) is 1. The molecule has 1 aliphatic heterocycles. The topological polar surface area (TPSA) is 56.7 Å². The number of carbonyl (C=O) groups excluding carboxylic acids is 1. The molecule has 1 aliphatic carbocycles. The Morgan fingerprint density at radius 3 is 2.36 bits per heavy atom. The second kappa shape index (κ2) is 6.75. The van der Waals surface area contributed by atoms with E-state index in [0.29, 0.717) is 5.56 Å². The van der Waals surface area contributed by atoms with Crippen LogP contribution >= 0.6 is 0 Å². The highest BCUT2D eigenvalue weighted by Crippen LogP contribution is 2.29. The molecule has 2 heterocycles. The van der Waals surface area contributed by atoms with E-state index < -0.39 is 5.60 Å². The number of hydrogen-bond acceptors (Lipinski definition) is 4. The molecule has 0 aromatic carbocycles. The molecule has 0 atom stereocenters. The van der Waals surface area contributed by atoms with Crippen LogP contribution in [0, 0.1) is 0 Å². The van der Waals surface area contributed by atoms with E-state index in [1.165, 1.54) is 6.42 Å². The Kier molecular flexibility index (Phi) is 4.74. The number of carbonyl (C=O) groups is 1. The van der Waals surface area contributed by atoms with Gasteiger partial charge in [0, 0.05) is 50.7 Å². The highest BCUT2D eigenvalue weighted by atomic mass is 16.3. The largest absolute Gasteiger partial charge is 0.389 e. The fourth-order valence-corrected chi connectivity index (χ4v) is 3.57. The van der Waals surface area contributed by atoms with E-state index in [9.17, 15) is 9.90 Å². The standard InChI is InChI=1S/C17H25N3O2/c21-16(15-4-8-18-9-5-15)20-12-10-19(11-13-20)14-17(22)6-2-1-3-7-17/h4-5,8-9,22H,1-3,6-7,10-14H2. The Labute approximate surface area is 131 Å². The van der Waals surface area contributed by atoms with Crippen molar-refractivity contribution in [2.45, 2.75) is 37.7 Å². The summed E-state index contributed by atoms with van der Waals surface area (Å²) >= 11 is 0. The van der Waals surface area contributed by atoms with Gasteiger partial charge in [-0.3, -0.25) is 14.7 Å². The van der Waals surface area contributed by atoms with Crippen molar-refractivity contribution >= 4 is 5.91 Å². The van der Waals surface area contributed by atoms with Gasteiger partial charge in [-0.15, -0.1) is 0 Å². The Bertz CT molecular complexity index is 492. The first-order valence-electron chi connectivity index (χ1n) is 8.30. The van der Waals surface area contributed by atoms with Crippen molar-refractivity contribution in [3.05, 3.63) is 30.1 Å². The van der Waals surface area contributed by atoms with E-state index in [1.54, 1.807) is 24.5 Å². The molecule has 1 amide bonds. The molecule has 3 rings (SSSR count). The minimum absolute atomic E-state index is 0.0819. The average molecular weight is 303 g/mol. The zero-order valence-corrected chi connectivity index (χ0v) is 13.1. The maximum Gasteiger partial charge on any atom is 0.254 e. The van der Waals surface area contributed by atoms with Crippen LogP contribution in [0.2, 0.25) is 0 Å². The van der Waals surface area contributed by atoms with Gasteiger partial charge in [-0.05, 0) is 25.0 Å². The Morgan fingerprint density at radius 1 is 1.09 bits per heavy atom. The maximum atomic E-state index is 12.4. The van der Waals surface area contributed by atoms with Crippen molar-refractivity contribution in [1.29, 1.82) is 0 Å². The first-order chi connectivity index (χ1) is 10.7. The van der Waals surface area contributed by atoms with Gasteiger partial charge >= 0.3 is 0 Å². The normalized spacial score (nSPS) is 22.5. The quantitative estimate of drug-likeness (QED) is 0.920. The molecule has 1 aromatic heterocycles. The Balaban J connectivity index is 1.51. The lowest BCUT2D eigenvalue weighted by Crippen LogP contribution is -2.53. The molecule has 120 valence electrons. The van der Waals surface area contributed by atoms with Crippen molar-refractivity contribution in [3.63, 3.8) is 0 Å². The lowest BCUT2D eigenvalue weighted by atomic mass is 9.84. The third-order valence-corrected chi connectivity index (χ3v) is 4.89. The minimum atomic E-state index is -0.504. The van der Waals surface area contributed by atoms with E-state index in [-0.39, 0.29) is 5.91 Å². The lowest BCUT2D eigenvalue weighted by Gasteiger charge is -2.41. The van der Waals surface area contributed by atoms with E-state index in [0.717, 1.165) is 58.4 Å². The van der Waals surface area contributed by atoms with Gasteiger partial charge in [-0.25, -0.2) is 0 Å². The molecule has 0 unspecified atom stereocenters. The van der Waals surface area contributed by atoms with Crippen molar-refractivity contribution in [1.82, 2.24) is 14.8 Å². The first-order valence-corrected chi connectivity index (χ1v) is 8.30. The van der Waals surface area contributed by atoms with Gasteiger partial charge in [-0.2, -0.15) is 0 Å². The lowest BCUT2D eigenvalue weighted by molar-refractivity contribution is -0.0339. The predicted octanol–water partition coefficient (Wildman–Crippen LogP) is 1.53. The van der Waals surface area contributed by atoms with Gasteiger partial charge in [-0.1, -0.05) is 19.3 Å². The molecule has 5 heteroatoms. The molecule has 0 spiro atoms. The summed E-state index contributed by atoms with van der Waals surface area (Å²) in [7, 11) is 0. The first kappa shape index (κ1) is 15.4. The summed E-state index contributed by atoms with van der Waals surface area (Å²) < 4.78 is 0. The van der Waals surface area contributed by atoms with Crippen LogP contribution in [0.1, 0.15) is 42.5 Å². The van der Waals surface area contributed by atoms with E-state index in [1.807, 2.05) is 4.90 Å². The molecule has 0 bridgehead atoms. The zero-order chi connectivity index (χ0) is 15.4. The van der Waals surface area contributed by atoms with Crippen LogP contribution in [0.15, 0.2) is 24.5 Å². The number of aliphatic hydroxyl groups is 1. The molecule has 2 aliphatic rings. The molecular formula is C17H25N3O2. The number of amides is 1. The molecule has 1 saturated carbocycles. The SMILES string of the molecule is O=C(c1ccncc1)N1CCN(CC2(O)CCCCC2)CC1. The molecule has 1 aromatic rings. The number of pyridine rings is 1. The highest BCUT2D eigenvalue weighted by Gasteiger charge is 2.33. The molecule has 22 heavy (non-hydrogen) atoms. The average Bonchev–Trinajstić information content (AvgIpc) is 2.56. The molecule has 1 saturated heterocycles. The molecule has 0 radical (unpaired) electrons. The molecule has 1 N–H and O–H groups in total. The van der Waals surface area contributed by atoms with Crippen LogP contribution in [-0.2, 0) is 0 Å². The summed E-state index contributed by atoms with van der Waals surface area (Å²) in [4.78, 5) is 20.5. The van der Waals surface area contributed by atoms with Gasteiger partial charge in [0.05, 0.1) is 5.60 Å². The van der Waals surface area contributed by atoms with Crippen LogP contribution in [0.3, 0.4) is 0 Å². The second-order valence-electron chi connectivity index (χ2n) is 6.59. The van der Waals surface area contributed by atoms with Gasteiger partial charge in [0.2, 0.25) is 0 Å². The van der Waals surface area contributed by atoms with Gasteiger partial charge in [0.15, 0.2) is 0 Å². The van der Waals surface area contributed by atoms with E-state index in [2.05, 4.69) is 9.88 Å². The van der Waals surface area contributed by atoms with Crippen molar-refractivity contribution in [2.75, 3.05) is 32.7 Å². The predicted molar refractivity (Wildman–Crippen MR) is 84.6 cm³/mol. The molecular weight excluding hydrogens is 278 g/mol. The summed E-state index contributed by atoms with van der Waals surface area (Å²) in [6.45, 7) is 3.91. The summed E-state index contributed by atoms with van der Waals surface area (Å²) in [5.41, 5.74) is 0.199.